The lowest BCUT2D eigenvalue weighted by atomic mass is 10.1. The van der Waals surface area contributed by atoms with Gasteiger partial charge in [0.15, 0.2) is 5.78 Å². The number of carboxylic acids is 1. The minimum absolute atomic E-state index is 0.205. The van der Waals surface area contributed by atoms with E-state index in [9.17, 15) is 14.7 Å². The van der Waals surface area contributed by atoms with Crippen LogP contribution in [-0.4, -0.2) is 24.0 Å². The highest BCUT2D eigenvalue weighted by Crippen LogP contribution is 2.17. The van der Waals surface area contributed by atoms with Gasteiger partial charge >= 0.3 is 5.97 Å². The summed E-state index contributed by atoms with van der Waals surface area (Å²) in [5.74, 6) is -0.954. The Kier molecular flexibility index (Phi) is 5.54. The molecule has 0 atom stereocenters. The molecule has 2 N–H and O–H groups in total. The maximum Gasteiger partial charge on any atom is 0.352 e. The number of carboxylic acid groups (broad SMARTS) is 1. The van der Waals surface area contributed by atoms with Gasteiger partial charge in [0.25, 0.3) is 0 Å². The van der Waals surface area contributed by atoms with Crippen molar-refractivity contribution in [3.8, 4) is 5.75 Å². The summed E-state index contributed by atoms with van der Waals surface area (Å²) >= 11 is 3.28. The molecule has 2 aromatic carbocycles. The lowest BCUT2D eigenvalue weighted by Crippen LogP contribution is -2.13. The molecule has 0 aromatic heterocycles. The molecule has 0 unspecified atom stereocenters. The monoisotopic (exact) mass is 375 g/mol. The summed E-state index contributed by atoms with van der Waals surface area (Å²) in [7, 11) is 1.54. The van der Waals surface area contributed by atoms with Gasteiger partial charge < -0.3 is 15.2 Å². The number of nitrogens with one attached hydrogen (secondary N) is 1. The van der Waals surface area contributed by atoms with Crippen molar-refractivity contribution in [2.45, 2.75) is 0 Å². The standard InChI is InChI=1S/C17H14BrNO4/c1-23-14-8-6-13(7-9-14)19-15(17(21)22)10-16(20)11-2-4-12(18)5-3-11/h2-10,19H,1H3,(H,21,22). The van der Waals surface area contributed by atoms with Gasteiger partial charge in [0, 0.05) is 21.8 Å². The van der Waals surface area contributed by atoms with Crippen LogP contribution in [0.15, 0.2) is 64.8 Å². The number of hydrogen-bond acceptors (Lipinski definition) is 4. The van der Waals surface area contributed by atoms with Crippen LogP contribution in [0, 0.1) is 0 Å². The molecule has 6 heteroatoms. The Bertz CT molecular complexity index is 736. The lowest BCUT2D eigenvalue weighted by Gasteiger charge is -2.08. The predicted molar refractivity (Wildman–Crippen MR) is 90.8 cm³/mol. The van der Waals surface area contributed by atoms with Crippen LogP contribution in [-0.2, 0) is 4.79 Å². The first-order valence-electron chi connectivity index (χ1n) is 6.65. The Morgan fingerprint density at radius 3 is 2.22 bits per heavy atom. The summed E-state index contributed by atoms with van der Waals surface area (Å²) in [5, 5.41) is 12.0. The molecule has 0 aliphatic heterocycles. The van der Waals surface area contributed by atoms with Crippen molar-refractivity contribution in [2.24, 2.45) is 0 Å². The third-order valence-electron chi connectivity index (χ3n) is 3.00. The van der Waals surface area contributed by atoms with Crippen molar-refractivity contribution in [2.75, 3.05) is 12.4 Å². The summed E-state index contributed by atoms with van der Waals surface area (Å²) in [5.41, 5.74) is 0.745. The number of halogens is 1. The predicted octanol–water partition coefficient (Wildman–Crippen LogP) is 3.72. The first kappa shape index (κ1) is 16.8. The van der Waals surface area contributed by atoms with Gasteiger partial charge in [-0.1, -0.05) is 15.9 Å². The number of methoxy groups -OCH3 is 1. The van der Waals surface area contributed by atoms with Gasteiger partial charge in [-0.25, -0.2) is 4.79 Å². The molecule has 5 nitrogen and oxygen atoms in total. The number of carbonyl (C=O) groups is 2. The molecule has 118 valence electrons. The highest BCUT2D eigenvalue weighted by molar-refractivity contribution is 9.10. The molecule has 0 bridgehead atoms. The van der Waals surface area contributed by atoms with Gasteiger partial charge in [-0.15, -0.1) is 0 Å². The Hall–Kier alpha value is -2.60. The van der Waals surface area contributed by atoms with Crippen LogP contribution in [0.2, 0.25) is 0 Å². The molecule has 0 fully saturated rings. The zero-order valence-electron chi connectivity index (χ0n) is 12.2. The van der Waals surface area contributed by atoms with E-state index in [-0.39, 0.29) is 5.70 Å². The molecule has 0 radical (unpaired) electrons. The molecule has 0 saturated heterocycles. The van der Waals surface area contributed by atoms with Gasteiger partial charge in [0.05, 0.1) is 7.11 Å². The normalized spacial score (nSPS) is 11.0. The van der Waals surface area contributed by atoms with Crippen molar-refractivity contribution in [3.63, 3.8) is 0 Å². The molecule has 0 amide bonds. The summed E-state index contributed by atoms with van der Waals surface area (Å²) < 4.78 is 5.88. The Morgan fingerprint density at radius 1 is 1.09 bits per heavy atom. The van der Waals surface area contributed by atoms with Crippen molar-refractivity contribution >= 4 is 33.4 Å². The van der Waals surface area contributed by atoms with E-state index < -0.39 is 11.8 Å². The number of carbonyl (C=O) groups excluding carboxylic acids is 1. The topological polar surface area (TPSA) is 75.6 Å². The summed E-state index contributed by atoms with van der Waals surface area (Å²) in [6, 6.07) is 13.4. The summed E-state index contributed by atoms with van der Waals surface area (Å²) in [6.45, 7) is 0. The van der Waals surface area contributed by atoms with Crippen molar-refractivity contribution in [1.29, 1.82) is 0 Å². The van der Waals surface area contributed by atoms with Crippen LogP contribution in [0.3, 0.4) is 0 Å². The molecule has 23 heavy (non-hydrogen) atoms. The fourth-order valence-corrected chi connectivity index (χ4v) is 2.07. The summed E-state index contributed by atoms with van der Waals surface area (Å²) in [4.78, 5) is 23.5. The number of ether oxygens (including phenoxy) is 1. The van der Waals surface area contributed by atoms with Crippen LogP contribution < -0.4 is 10.1 Å². The summed E-state index contributed by atoms with van der Waals surface area (Å²) in [6.07, 6.45) is 1.07. The molecular weight excluding hydrogens is 362 g/mol. The molecule has 0 aliphatic rings. The van der Waals surface area contributed by atoms with Gasteiger partial charge in [0.1, 0.15) is 11.4 Å². The van der Waals surface area contributed by atoms with Crippen LogP contribution in [0.5, 0.6) is 5.75 Å². The van der Waals surface area contributed by atoms with E-state index >= 15 is 0 Å². The van der Waals surface area contributed by atoms with E-state index in [4.69, 9.17) is 4.74 Å². The first-order chi connectivity index (χ1) is 11.0. The van der Waals surface area contributed by atoms with Gasteiger partial charge in [-0.2, -0.15) is 0 Å². The highest BCUT2D eigenvalue weighted by atomic mass is 79.9. The van der Waals surface area contributed by atoms with Crippen molar-refractivity contribution in [3.05, 3.63) is 70.3 Å². The smallest absolute Gasteiger partial charge is 0.352 e. The molecule has 0 aliphatic carbocycles. The van der Waals surface area contributed by atoms with E-state index in [2.05, 4.69) is 21.2 Å². The van der Waals surface area contributed by atoms with Gasteiger partial charge in [0.2, 0.25) is 0 Å². The van der Waals surface area contributed by atoms with E-state index in [1.54, 1.807) is 55.6 Å². The minimum atomic E-state index is -1.22. The molecular formula is C17H14BrNO4. The number of rotatable bonds is 6. The first-order valence-corrected chi connectivity index (χ1v) is 7.45. The molecule has 2 rings (SSSR count). The van der Waals surface area contributed by atoms with Crippen molar-refractivity contribution in [1.82, 2.24) is 0 Å². The second kappa shape index (κ2) is 7.60. The lowest BCUT2D eigenvalue weighted by molar-refractivity contribution is -0.132. The van der Waals surface area contributed by atoms with Crippen LogP contribution in [0.1, 0.15) is 10.4 Å². The number of aliphatic carboxylic acids is 1. The molecule has 2 aromatic rings. The van der Waals surface area contributed by atoms with Crippen LogP contribution in [0.25, 0.3) is 0 Å². The number of ketones is 1. The Morgan fingerprint density at radius 2 is 1.70 bits per heavy atom. The van der Waals surface area contributed by atoms with Crippen molar-refractivity contribution < 1.29 is 19.4 Å². The van der Waals surface area contributed by atoms with Gasteiger partial charge in [-0.3, -0.25) is 4.79 Å². The van der Waals surface area contributed by atoms with E-state index in [1.165, 1.54) is 0 Å². The fraction of sp³-hybridized carbons (Fsp3) is 0.0588. The van der Waals surface area contributed by atoms with Crippen LogP contribution >= 0.6 is 15.9 Å². The minimum Gasteiger partial charge on any atom is -0.497 e. The third kappa shape index (κ3) is 4.69. The zero-order chi connectivity index (χ0) is 16.8. The Labute approximate surface area is 141 Å². The number of hydrogen-bond donors (Lipinski definition) is 2. The van der Waals surface area contributed by atoms with Gasteiger partial charge in [-0.05, 0) is 48.5 Å². The molecule has 0 heterocycles. The van der Waals surface area contributed by atoms with E-state index in [0.717, 1.165) is 10.5 Å². The maximum absolute atomic E-state index is 12.1. The highest BCUT2D eigenvalue weighted by Gasteiger charge is 2.12. The largest absolute Gasteiger partial charge is 0.497 e. The SMILES string of the molecule is COc1ccc(NC(=CC(=O)c2ccc(Br)cc2)C(=O)O)cc1. The number of anilines is 1. The molecule has 0 spiro atoms. The van der Waals surface area contributed by atoms with E-state index in [1.807, 2.05) is 0 Å². The fourth-order valence-electron chi connectivity index (χ4n) is 1.81. The molecule has 0 saturated carbocycles. The van der Waals surface area contributed by atoms with E-state index in [0.29, 0.717) is 17.0 Å². The number of benzene rings is 2. The van der Waals surface area contributed by atoms with Crippen LogP contribution in [0.4, 0.5) is 5.69 Å². The number of allylic oxidation sites excluding steroid dienone is 1. The second-order valence-electron chi connectivity index (χ2n) is 4.59. The average molecular weight is 376 g/mol. The quantitative estimate of drug-likeness (QED) is 0.594. The maximum atomic E-state index is 12.1. The second-order valence-corrected chi connectivity index (χ2v) is 5.50. The average Bonchev–Trinajstić information content (AvgIpc) is 2.55. The zero-order valence-corrected chi connectivity index (χ0v) is 13.8. The Balaban J connectivity index is 2.21. The third-order valence-corrected chi connectivity index (χ3v) is 3.53.